The molecule has 2 amide bonds. The van der Waals surface area contributed by atoms with Crippen LogP contribution in [-0.2, 0) is 22.6 Å². The molecule has 194 valence electrons. The van der Waals surface area contributed by atoms with Gasteiger partial charge in [-0.05, 0) is 70.2 Å². The first-order valence-corrected chi connectivity index (χ1v) is 13.9. The molecule has 37 heavy (non-hydrogen) atoms. The number of hydrogen-bond donors (Lipinski definition) is 1. The van der Waals surface area contributed by atoms with Gasteiger partial charge < -0.3 is 15.0 Å². The summed E-state index contributed by atoms with van der Waals surface area (Å²) in [6, 6.07) is 21.6. The number of hydrogen-bond acceptors (Lipinski definition) is 3. The lowest BCUT2D eigenvalue weighted by Crippen LogP contribution is -2.53. The molecule has 1 N–H and O–H groups in total. The van der Waals surface area contributed by atoms with Crippen molar-refractivity contribution in [3.05, 3.63) is 98.4 Å². The molecule has 8 heteroatoms. The number of rotatable bonds is 10. The van der Waals surface area contributed by atoms with E-state index in [1.165, 1.54) is 0 Å². The van der Waals surface area contributed by atoms with Crippen molar-refractivity contribution < 1.29 is 14.3 Å². The van der Waals surface area contributed by atoms with Crippen molar-refractivity contribution in [1.29, 1.82) is 0 Å². The first-order chi connectivity index (χ1) is 17.9. The molecule has 0 saturated heterocycles. The molecule has 5 nitrogen and oxygen atoms in total. The van der Waals surface area contributed by atoms with Gasteiger partial charge in [0.15, 0.2) is 6.61 Å². The Labute approximate surface area is 236 Å². The number of nitrogens with zero attached hydrogens (tertiary/aromatic N) is 1. The Hall–Kier alpha value is -2.54. The Morgan fingerprint density at radius 1 is 0.946 bits per heavy atom. The monoisotopic (exact) mass is 602 g/mol. The van der Waals surface area contributed by atoms with Gasteiger partial charge in [-0.2, -0.15) is 0 Å². The maximum Gasteiger partial charge on any atom is 0.261 e. The van der Waals surface area contributed by atoms with Crippen LogP contribution in [0.3, 0.4) is 0 Å². The van der Waals surface area contributed by atoms with Crippen molar-refractivity contribution in [1.82, 2.24) is 10.2 Å². The minimum atomic E-state index is -0.716. The fraction of sp³-hybridized carbons (Fsp3) is 0.310. The van der Waals surface area contributed by atoms with E-state index in [9.17, 15) is 9.59 Å². The van der Waals surface area contributed by atoms with Gasteiger partial charge >= 0.3 is 0 Å². The highest BCUT2D eigenvalue weighted by Crippen LogP contribution is 2.28. The van der Waals surface area contributed by atoms with E-state index in [1.807, 2.05) is 48.5 Å². The summed E-state index contributed by atoms with van der Waals surface area (Å²) < 4.78 is 6.50. The fourth-order valence-corrected chi connectivity index (χ4v) is 5.58. The van der Waals surface area contributed by atoms with Crippen molar-refractivity contribution in [3.8, 4) is 5.75 Å². The Kier molecular flexibility index (Phi) is 9.89. The van der Waals surface area contributed by atoms with Crippen molar-refractivity contribution in [2.75, 3.05) is 6.61 Å². The number of carbonyl (C=O) groups excluding carboxylic acids is 2. The van der Waals surface area contributed by atoms with Gasteiger partial charge in [-0.25, -0.2) is 0 Å². The normalized spacial score (nSPS) is 14.2. The summed E-state index contributed by atoms with van der Waals surface area (Å²) in [5.74, 6) is 0.0404. The average Bonchev–Trinajstić information content (AvgIpc) is 3.39. The van der Waals surface area contributed by atoms with E-state index in [-0.39, 0.29) is 31.0 Å². The van der Waals surface area contributed by atoms with Gasteiger partial charge in [0.05, 0.1) is 4.47 Å². The summed E-state index contributed by atoms with van der Waals surface area (Å²) in [7, 11) is 0. The lowest BCUT2D eigenvalue weighted by molar-refractivity contribution is -0.143. The third-order valence-corrected chi connectivity index (χ3v) is 7.55. The molecule has 0 unspecified atom stereocenters. The Balaban J connectivity index is 1.62. The summed E-state index contributed by atoms with van der Waals surface area (Å²) in [4.78, 5) is 29.0. The van der Waals surface area contributed by atoms with Crippen LogP contribution in [0.1, 0.15) is 36.8 Å². The highest BCUT2D eigenvalue weighted by Gasteiger charge is 2.32. The molecule has 0 aliphatic heterocycles. The van der Waals surface area contributed by atoms with Gasteiger partial charge in [-0.1, -0.05) is 78.5 Å². The first kappa shape index (κ1) is 27.5. The van der Waals surface area contributed by atoms with E-state index >= 15 is 0 Å². The van der Waals surface area contributed by atoms with Crippen LogP contribution in [0.15, 0.2) is 77.3 Å². The smallest absolute Gasteiger partial charge is 0.261 e. The van der Waals surface area contributed by atoms with Crippen LogP contribution < -0.4 is 10.1 Å². The standard InChI is InChI=1S/C29H29BrCl2N2O3/c30-25-17-23(32)13-14-27(25)37-19-28(35)34(18-21-9-6-10-22(31)15-21)26(16-20-7-2-1-3-8-20)29(36)33-24-11-4-5-12-24/h1-3,6-10,13-15,17,24,26H,4-5,11-12,16,18-19H2,(H,33,36)/t26-/m1/s1. The molecule has 1 atom stereocenters. The van der Waals surface area contributed by atoms with Gasteiger partial charge in [-0.15, -0.1) is 0 Å². The maximum atomic E-state index is 13.7. The molecule has 0 bridgehead atoms. The zero-order chi connectivity index (χ0) is 26.2. The zero-order valence-corrected chi connectivity index (χ0v) is 23.4. The SMILES string of the molecule is O=C(NC1CCCC1)[C@@H](Cc1ccccc1)N(Cc1cccc(Cl)c1)C(=O)COc1ccc(Cl)cc1Br. The lowest BCUT2D eigenvalue weighted by Gasteiger charge is -2.32. The molecule has 1 aliphatic rings. The number of amides is 2. The second kappa shape index (κ2) is 13.3. The number of halogens is 3. The second-order valence-corrected chi connectivity index (χ2v) is 10.9. The van der Waals surface area contributed by atoms with Crippen LogP contribution in [0, 0.1) is 0 Å². The predicted molar refractivity (Wildman–Crippen MR) is 151 cm³/mol. The van der Waals surface area contributed by atoms with E-state index in [0.29, 0.717) is 26.7 Å². The first-order valence-electron chi connectivity index (χ1n) is 12.3. The third-order valence-electron chi connectivity index (χ3n) is 6.46. The number of benzene rings is 3. The molecule has 1 saturated carbocycles. The molecule has 3 aromatic carbocycles. The largest absolute Gasteiger partial charge is 0.483 e. The highest BCUT2D eigenvalue weighted by molar-refractivity contribution is 9.10. The molecule has 0 heterocycles. The van der Waals surface area contributed by atoms with Gasteiger partial charge in [-0.3, -0.25) is 9.59 Å². The van der Waals surface area contributed by atoms with Crippen LogP contribution in [0.4, 0.5) is 0 Å². The van der Waals surface area contributed by atoms with Crippen LogP contribution in [0.2, 0.25) is 10.0 Å². The molecular formula is C29H29BrCl2N2O3. The predicted octanol–water partition coefficient (Wildman–Crippen LogP) is 6.83. The summed E-state index contributed by atoms with van der Waals surface area (Å²) in [6.07, 6.45) is 4.50. The summed E-state index contributed by atoms with van der Waals surface area (Å²) in [5.41, 5.74) is 1.81. The van der Waals surface area contributed by atoms with Crippen LogP contribution in [0.25, 0.3) is 0 Å². The molecule has 1 aliphatic carbocycles. The topological polar surface area (TPSA) is 58.6 Å². The minimum absolute atomic E-state index is 0.134. The molecule has 4 rings (SSSR count). The van der Waals surface area contributed by atoms with Gasteiger partial charge in [0.25, 0.3) is 5.91 Å². The van der Waals surface area contributed by atoms with Crippen molar-refractivity contribution in [3.63, 3.8) is 0 Å². The van der Waals surface area contributed by atoms with E-state index in [1.54, 1.807) is 29.2 Å². The summed E-state index contributed by atoms with van der Waals surface area (Å²) in [6.45, 7) is -0.0110. The van der Waals surface area contributed by atoms with Gasteiger partial charge in [0.1, 0.15) is 11.8 Å². The summed E-state index contributed by atoms with van der Waals surface area (Å²) in [5, 5.41) is 4.32. The minimum Gasteiger partial charge on any atom is -0.483 e. The number of nitrogens with one attached hydrogen (secondary N) is 1. The Morgan fingerprint density at radius 2 is 1.65 bits per heavy atom. The molecular weight excluding hydrogens is 575 g/mol. The summed E-state index contributed by atoms with van der Waals surface area (Å²) >= 11 is 15.7. The fourth-order valence-electron chi connectivity index (χ4n) is 4.57. The lowest BCUT2D eigenvalue weighted by atomic mass is 10.0. The quantitative estimate of drug-likeness (QED) is 0.276. The number of ether oxygens (including phenoxy) is 1. The third kappa shape index (κ3) is 7.97. The second-order valence-electron chi connectivity index (χ2n) is 9.21. The highest BCUT2D eigenvalue weighted by atomic mass is 79.9. The van der Waals surface area contributed by atoms with Crippen LogP contribution in [0.5, 0.6) is 5.75 Å². The van der Waals surface area contributed by atoms with Gasteiger partial charge in [0.2, 0.25) is 5.91 Å². The van der Waals surface area contributed by atoms with Crippen molar-refractivity contribution in [2.45, 2.75) is 50.7 Å². The van der Waals surface area contributed by atoms with Gasteiger partial charge in [0, 0.05) is 29.1 Å². The van der Waals surface area contributed by atoms with Crippen LogP contribution in [-0.4, -0.2) is 35.4 Å². The zero-order valence-electron chi connectivity index (χ0n) is 20.3. The van der Waals surface area contributed by atoms with E-state index in [4.69, 9.17) is 27.9 Å². The molecule has 1 fully saturated rings. The maximum absolute atomic E-state index is 13.7. The molecule has 0 spiro atoms. The van der Waals surface area contributed by atoms with Crippen molar-refractivity contribution >= 4 is 50.9 Å². The Morgan fingerprint density at radius 3 is 2.35 bits per heavy atom. The molecule has 0 radical (unpaired) electrons. The molecule has 0 aromatic heterocycles. The van der Waals surface area contributed by atoms with E-state index in [2.05, 4.69) is 21.2 Å². The van der Waals surface area contributed by atoms with E-state index < -0.39 is 6.04 Å². The molecule has 3 aromatic rings. The Bertz CT molecular complexity index is 1220. The average molecular weight is 604 g/mol. The number of carbonyl (C=O) groups is 2. The van der Waals surface area contributed by atoms with E-state index in [0.717, 1.165) is 36.8 Å². The van der Waals surface area contributed by atoms with Crippen molar-refractivity contribution in [2.24, 2.45) is 0 Å². The van der Waals surface area contributed by atoms with Crippen LogP contribution >= 0.6 is 39.1 Å².